The van der Waals surface area contributed by atoms with Crippen LogP contribution in [0.25, 0.3) is 5.65 Å². The fourth-order valence-corrected chi connectivity index (χ4v) is 4.29. The molecule has 0 radical (unpaired) electrons. The van der Waals surface area contributed by atoms with E-state index in [1.54, 1.807) is 17.3 Å². The lowest BCUT2D eigenvalue weighted by atomic mass is 9.95. The number of fused-ring (bicyclic) bond motifs is 2. The van der Waals surface area contributed by atoms with Gasteiger partial charge in [-0.3, -0.25) is 9.78 Å². The van der Waals surface area contributed by atoms with Gasteiger partial charge in [0.2, 0.25) is 5.91 Å². The molecule has 0 unspecified atom stereocenters. The van der Waals surface area contributed by atoms with E-state index in [-0.39, 0.29) is 17.5 Å². The molecule has 31 heavy (non-hydrogen) atoms. The first-order valence-corrected chi connectivity index (χ1v) is 10.2. The number of amides is 1. The first-order chi connectivity index (χ1) is 15.2. The number of hydrogen-bond acceptors (Lipinski definition) is 7. The Morgan fingerprint density at radius 1 is 1.23 bits per heavy atom. The summed E-state index contributed by atoms with van der Waals surface area (Å²) in [6.07, 6.45) is 7.24. The monoisotopic (exact) mass is 421 g/mol. The molecule has 0 bridgehead atoms. The number of ether oxygens (including phenoxy) is 1. The molecule has 9 nitrogen and oxygen atoms in total. The van der Waals surface area contributed by atoms with Crippen molar-refractivity contribution in [2.24, 2.45) is 5.92 Å². The number of nitriles is 1. The first kappa shape index (κ1) is 19.2. The van der Waals surface area contributed by atoms with Crippen LogP contribution in [0.1, 0.15) is 24.0 Å². The highest BCUT2D eigenvalue weighted by Crippen LogP contribution is 2.29. The van der Waals surface area contributed by atoms with E-state index in [0.29, 0.717) is 56.9 Å². The molecule has 0 atom stereocenters. The molecule has 1 fully saturated rings. The highest BCUT2D eigenvalue weighted by Gasteiger charge is 2.31. The molecule has 2 aliphatic heterocycles. The van der Waals surface area contributed by atoms with Crippen molar-refractivity contribution >= 4 is 17.4 Å². The summed E-state index contributed by atoms with van der Waals surface area (Å²) in [6.45, 7) is 2.52. The van der Waals surface area contributed by atoms with Crippen LogP contribution < -0.4 is 9.64 Å². The quantitative estimate of drug-likeness (QED) is 0.622. The Morgan fingerprint density at radius 3 is 2.87 bits per heavy atom. The topological polar surface area (TPSA) is 99.6 Å². The number of hydrogen-bond donors (Lipinski definition) is 0. The van der Waals surface area contributed by atoms with Crippen molar-refractivity contribution in [3.05, 3.63) is 47.8 Å². The fourth-order valence-electron chi connectivity index (χ4n) is 4.29. The van der Waals surface area contributed by atoms with Crippen LogP contribution in [0.2, 0.25) is 0 Å². The number of piperidine rings is 1. The van der Waals surface area contributed by atoms with E-state index < -0.39 is 5.82 Å². The van der Waals surface area contributed by atoms with Gasteiger partial charge in [0, 0.05) is 43.2 Å². The van der Waals surface area contributed by atoms with Gasteiger partial charge in [-0.15, -0.1) is 0 Å². The van der Waals surface area contributed by atoms with Crippen LogP contribution >= 0.6 is 0 Å². The largest absolute Gasteiger partial charge is 0.490 e. The van der Waals surface area contributed by atoms with E-state index in [2.05, 4.69) is 26.0 Å². The van der Waals surface area contributed by atoms with Crippen molar-refractivity contribution in [1.82, 2.24) is 24.5 Å². The second kappa shape index (κ2) is 7.83. The summed E-state index contributed by atoms with van der Waals surface area (Å²) in [5.74, 6) is 0.826. The molecule has 0 aromatic carbocycles. The predicted molar refractivity (Wildman–Crippen MR) is 108 cm³/mol. The summed E-state index contributed by atoms with van der Waals surface area (Å²) in [6, 6.07) is 3.90. The molecular weight excluding hydrogens is 401 g/mol. The molecule has 0 saturated carbocycles. The number of aromatic nitrogens is 4. The lowest BCUT2D eigenvalue weighted by molar-refractivity contribution is -0.137. The molecule has 1 amide bonds. The third kappa shape index (κ3) is 3.42. The van der Waals surface area contributed by atoms with Gasteiger partial charge in [0.15, 0.2) is 11.5 Å². The van der Waals surface area contributed by atoms with Crippen LogP contribution in [0.15, 0.2) is 30.9 Å². The van der Waals surface area contributed by atoms with Crippen LogP contribution in [-0.4, -0.2) is 56.6 Å². The average Bonchev–Trinajstić information content (AvgIpc) is 3.05. The zero-order chi connectivity index (χ0) is 21.4. The van der Waals surface area contributed by atoms with Crippen molar-refractivity contribution in [3.8, 4) is 11.8 Å². The molecule has 0 spiro atoms. The van der Waals surface area contributed by atoms with Gasteiger partial charge in [-0.2, -0.15) is 14.9 Å². The molecule has 158 valence electrons. The van der Waals surface area contributed by atoms with Crippen LogP contribution in [0.4, 0.5) is 10.2 Å². The molecule has 0 aliphatic carbocycles. The van der Waals surface area contributed by atoms with Crippen LogP contribution in [0, 0.1) is 23.1 Å². The number of nitrogens with zero attached hydrogens (tertiary/aromatic N) is 7. The fraction of sp³-hybridized carbons (Fsp3) is 0.381. The highest BCUT2D eigenvalue weighted by molar-refractivity contribution is 5.79. The van der Waals surface area contributed by atoms with E-state index >= 15 is 0 Å². The second-order valence-electron chi connectivity index (χ2n) is 7.69. The summed E-state index contributed by atoms with van der Waals surface area (Å²) >= 11 is 0. The van der Waals surface area contributed by atoms with Gasteiger partial charge in [-0.05, 0) is 18.9 Å². The summed E-state index contributed by atoms with van der Waals surface area (Å²) < 4.78 is 21.1. The van der Waals surface area contributed by atoms with E-state index in [0.717, 1.165) is 17.6 Å². The van der Waals surface area contributed by atoms with Gasteiger partial charge >= 0.3 is 0 Å². The predicted octanol–water partition coefficient (Wildman–Crippen LogP) is 1.77. The van der Waals surface area contributed by atoms with Crippen LogP contribution in [-0.2, 0) is 11.3 Å². The van der Waals surface area contributed by atoms with Gasteiger partial charge in [0.05, 0.1) is 19.3 Å². The van der Waals surface area contributed by atoms with E-state index in [9.17, 15) is 14.4 Å². The first-order valence-electron chi connectivity index (χ1n) is 10.2. The second-order valence-corrected chi connectivity index (χ2v) is 7.69. The maximum absolute atomic E-state index is 13.8. The number of anilines is 1. The average molecular weight is 421 g/mol. The van der Waals surface area contributed by atoms with E-state index in [1.807, 2.05) is 6.07 Å². The Kier molecular flexibility index (Phi) is 4.86. The third-order valence-corrected chi connectivity index (χ3v) is 5.88. The normalized spacial score (nSPS) is 17.0. The van der Waals surface area contributed by atoms with Crippen molar-refractivity contribution in [2.45, 2.75) is 19.4 Å². The molecular formula is C21H20FN7O2. The molecule has 5 rings (SSSR count). The molecule has 1 saturated heterocycles. The zero-order valence-electron chi connectivity index (χ0n) is 16.7. The summed E-state index contributed by atoms with van der Waals surface area (Å²) in [5.41, 5.74) is 1.34. The molecule has 5 heterocycles. The summed E-state index contributed by atoms with van der Waals surface area (Å²) in [7, 11) is 0. The minimum atomic E-state index is -0.454. The highest BCUT2D eigenvalue weighted by atomic mass is 19.1. The Morgan fingerprint density at radius 2 is 2.06 bits per heavy atom. The molecule has 2 aliphatic rings. The maximum Gasteiger partial charge on any atom is 0.226 e. The number of pyridine rings is 1. The van der Waals surface area contributed by atoms with Crippen molar-refractivity contribution < 1.29 is 13.9 Å². The summed E-state index contributed by atoms with van der Waals surface area (Å²) in [5, 5.41) is 13.4. The Hall–Kier alpha value is -3.74. The van der Waals surface area contributed by atoms with Crippen molar-refractivity contribution in [2.75, 3.05) is 31.1 Å². The Balaban J connectivity index is 1.28. The standard InChI is InChI=1S/C21H20FN7O2/c22-17-12-26-29-18(1-4-25-20(17)29)27-5-2-14(3-6-27)21(30)28-7-8-31-19-15(9-23)10-24-11-16(19)13-28/h1,4,10-12,14H,2-3,5-8,13H2. The Bertz CT molecular complexity index is 1180. The lowest BCUT2D eigenvalue weighted by Crippen LogP contribution is -2.43. The minimum absolute atomic E-state index is 0.0865. The number of carbonyl (C=O) groups is 1. The number of carbonyl (C=O) groups excluding carboxylic acids is 1. The summed E-state index contributed by atoms with van der Waals surface area (Å²) in [4.78, 5) is 25.3. The third-order valence-electron chi connectivity index (χ3n) is 5.88. The van der Waals surface area contributed by atoms with Gasteiger partial charge < -0.3 is 14.5 Å². The molecule has 3 aromatic rings. The number of halogens is 1. The van der Waals surface area contributed by atoms with Gasteiger partial charge in [0.25, 0.3) is 0 Å². The zero-order valence-corrected chi connectivity index (χ0v) is 16.7. The van der Waals surface area contributed by atoms with Gasteiger partial charge in [-0.25, -0.2) is 9.37 Å². The SMILES string of the molecule is N#Cc1cncc2c1OCCN(C(=O)C1CCN(c3ccnc4c(F)cnn34)CC1)C2. The van der Waals surface area contributed by atoms with Crippen LogP contribution in [0.3, 0.4) is 0 Å². The van der Waals surface area contributed by atoms with Crippen LogP contribution in [0.5, 0.6) is 5.75 Å². The maximum atomic E-state index is 13.8. The van der Waals surface area contributed by atoms with Crippen molar-refractivity contribution in [3.63, 3.8) is 0 Å². The Labute approximate surface area is 177 Å². The minimum Gasteiger partial charge on any atom is -0.490 e. The van der Waals surface area contributed by atoms with E-state index in [1.165, 1.54) is 10.7 Å². The van der Waals surface area contributed by atoms with Gasteiger partial charge in [-0.1, -0.05) is 0 Å². The molecule has 10 heteroatoms. The van der Waals surface area contributed by atoms with E-state index in [4.69, 9.17) is 4.74 Å². The molecule has 3 aromatic heterocycles. The number of rotatable bonds is 2. The molecule has 0 N–H and O–H groups in total. The van der Waals surface area contributed by atoms with Gasteiger partial charge in [0.1, 0.15) is 29.8 Å². The lowest BCUT2D eigenvalue weighted by Gasteiger charge is -2.34. The smallest absolute Gasteiger partial charge is 0.226 e. The van der Waals surface area contributed by atoms with Crippen molar-refractivity contribution in [1.29, 1.82) is 5.26 Å².